The number of aryl methyl sites for hydroxylation is 1. The number of nitro groups is 1. The summed E-state index contributed by atoms with van der Waals surface area (Å²) in [6.45, 7) is 9.34. The van der Waals surface area contributed by atoms with Gasteiger partial charge in [-0.3, -0.25) is 24.7 Å². The van der Waals surface area contributed by atoms with E-state index in [4.69, 9.17) is 9.47 Å². The van der Waals surface area contributed by atoms with Crippen molar-refractivity contribution in [3.8, 4) is 17.2 Å². The van der Waals surface area contributed by atoms with Gasteiger partial charge in [-0.2, -0.15) is 0 Å². The number of ether oxygens (including phenoxy) is 2. The predicted molar refractivity (Wildman–Crippen MR) is 246 cm³/mol. The Morgan fingerprint density at radius 3 is 2.60 bits per heavy atom. The molecule has 65 heavy (non-hydrogen) atoms. The lowest BCUT2D eigenvalue weighted by Crippen LogP contribution is -2.55. The fourth-order valence-corrected chi connectivity index (χ4v) is 11.7. The van der Waals surface area contributed by atoms with Crippen molar-refractivity contribution >= 4 is 44.0 Å². The summed E-state index contributed by atoms with van der Waals surface area (Å²) in [4.78, 5) is 46.8. The zero-order valence-electron chi connectivity index (χ0n) is 36.9. The number of nitro benzene ring substituents is 1. The highest BCUT2D eigenvalue weighted by Gasteiger charge is 2.50. The van der Waals surface area contributed by atoms with Crippen LogP contribution in [-0.4, -0.2) is 127 Å². The van der Waals surface area contributed by atoms with E-state index in [2.05, 4.69) is 82.8 Å². The number of sulfonamides is 1. The number of rotatable bonds is 12. The molecular formula is C47H56N10O7S. The highest BCUT2D eigenvalue weighted by molar-refractivity contribution is 7.90. The highest BCUT2D eigenvalue weighted by atomic mass is 32.2. The van der Waals surface area contributed by atoms with Crippen LogP contribution in [0.5, 0.6) is 17.2 Å². The van der Waals surface area contributed by atoms with E-state index in [1.165, 1.54) is 49.1 Å². The number of aromatic amines is 1. The fourth-order valence-electron chi connectivity index (χ4n) is 10.8. The SMILES string of the molecule is CCc1ccccc1C1CCCN1C1CC2(CCN(c3cnc(C(=O)NS(=O)(=O)c4cc5c(c([N+](=O)[O-])c4)N[C@@H](CN4CCN(C)CC4)CO5)c(Oc4cnc5[nH]ccc5c4)c3)CC2)C1. The van der Waals surface area contributed by atoms with Crippen LogP contribution in [0, 0.1) is 15.5 Å². The van der Waals surface area contributed by atoms with E-state index in [1.807, 2.05) is 6.07 Å². The minimum absolute atomic E-state index is 0.0134. The molecular weight excluding hydrogens is 849 g/mol. The molecule has 1 unspecified atom stereocenters. The summed E-state index contributed by atoms with van der Waals surface area (Å²) in [5.74, 6) is -0.680. The average molecular weight is 905 g/mol. The van der Waals surface area contributed by atoms with Crippen LogP contribution in [0.15, 0.2) is 78.1 Å². The van der Waals surface area contributed by atoms with Gasteiger partial charge in [-0.05, 0) is 87.2 Å². The Kier molecular flexibility index (Phi) is 11.6. The van der Waals surface area contributed by atoms with Gasteiger partial charge in [0.1, 0.15) is 18.0 Å². The Balaban J connectivity index is 0.850. The predicted octanol–water partition coefficient (Wildman–Crippen LogP) is 6.35. The zero-order valence-corrected chi connectivity index (χ0v) is 37.7. The first-order valence-corrected chi connectivity index (χ1v) is 24.3. The topological polar surface area (TPSA) is 191 Å². The summed E-state index contributed by atoms with van der Waals surface area (Å²) in [6.07, 6.45) is 12.8. The molecule has 3 saturated heterocycles. The summed E-state index contributed by atoms with van der Waals surface area (Å²) in [6, 6.07) is 17.2. The monoisotopic (exact) mass is 904 g/mol. The van der Waals surface area contributed by atoms with Crippen molar-refractivity contribution in [1.29, 1.82) is 0 Å². The number of anilines is 2. The van der Waals surface area contributed by atoms with Gasteiger partial charge >= 0.3 is 0 Å². The van der Waals surface area contributed by atoms with E-state index in [9.17, 15) is 23.3 Å². The van der Waals surface area contributed by atoms with Crippen LogP contribution in [0.4, 0.5) is 17.1 Å². The zero-order chi connectivity index (χ0) is 44.9. The molecule has 18 heteroatoms. The summed E-state index contributed by atoms with van der Waals surface area (Å²) in [5.41, 5.74) is 3.99. The van der Waals surface area contributed by atoms with Gasteiger partial charge < -0.3 is 29.6 Å². The number of nitrogens with one attached hydrogen (secondary N) is 3. The molecule has 10 rings (SSSR count). The Morgan fingerprint density at radius 2 is 1.82 bits per heavy atom. The molecule has 7 heterocycles. The second kappa shape index (κ2) is 17.5. The standard InChI is InChI=1S/C47H56N10O7S/c1-3-31-7-4-5-8-38(31)39-9-6-14-56(39)35-25-47(26-35)11-15-55(16-12-47)34-22-42(64-36-21-32-10-13-48-45(32)50-28-36)44(49-27-34)46(58)52-65(61,62)37-23-40(57(59)60)43-41(24-37)63-30-33(51-43)29-54-19-17-53(2)18-20-54/h4-5,7-8,10,13,21-24,27-28,33,35,39,51H,3,6,9,11-12,14-20,25-26,29-30H2,1-2H3,(H,48,50)(H,52,58)/t33-,39?/m0/s1. The van der Waals surface area contributed by atoms with E-state index in [-0.39, 0.29) is 40.9 Å². The second-order valence-electron chi connectivity index (χ2n) is 18.5. The smallest absolute Gasteiger partial charge is 0.297 e. The van der Waals surface area contributed by atoms with E-state index >= 15 is 0 Å². The third-order valence-electron chi connectivity index (χ3n) is 14.4. The number of piperazine rings is 1. The molecule has 5 aromatic rings. The van der Waals surface area contributed by atoms with E-state index < -0.39 is 31.4 Å². The van der Waals surface area contributed by atoms with Gasteiger partial charge in [0.15, 0.2) is 22.9 Å². The first-order chi connectivity index (χ1) is 31.4. The number of hydrogen-bond donors (Lipinski definition) is 3. The number of carbonyl (C=O) groups excluding carboxylic acids is 1. The number of nitrogens with zero attached hydrogens (tertiary/aromatic N) is 7. The van der Waals surface area contributed by atoms with Crippen molar-refractivity contribution in [3.63, 3.8) is 0 Å². The Morgan fingerprint density at radius 1 is 1.02 bits per heavy atom. The Bertz CT molecular complexity index is 2710. The van der Waals surface area contributed by atoms with Crippen molar-refractivity contribution in [2.24, 2.45) is 5.41 Å². The molecule has 17 nitrogen and oxygen atoms in total. The van der Waals surface area contributed by atoms with Crippen LogP contribution < -0.4 is 24.4 Å². The highest BCUT2D eigenvalue weighted by Crippen LogP contribution is 2.54. The van der Waals surface area contributed by atoms with Gasteiger partial charge in [0.05, 0.1) is 33.9 Å². The van der Waals surface area contributed by atoms with Crippen molar-refractivity contribution in [2.75, 3.05) is 76.2 Å². The van der Waals surface area contributed by atoms with E-state index in [1.54, 1.807) is 24.5 Å². The third-order valence-corrected chi connectivity index (χ3v) is 15.7. The molecule has 4 aliphatic heterocycles. The molecule has 3 N–H and O–H groups in total. The molecule has 1 aliphatic carbocycles. The van der Waals surface area contributed by atoms with Crippen LogP contribution in [0.1, 0.15) is 73.1 Å². The molecule has 342 valence electrons. The Labute approximate surface area is 378 Å². The maximum atomic E-state index is 14.0. The van der Waals surface area contributed by atoms with E-state index in [0.29, 0.717) is 30.0 Å². The number of aromatic nitrogens is 3. The Hall–Kier alpha value is -5.82. The average Bonchev–Trinajstić information content (AvgIpc) is 3.98. The quantitative estimate of drug-likeness (QED) is 0.0928. The largest absolute Gasteiger partial charge is 0.489 e. The van der Waals surface area contributed by atoms with Gasteiger partial charge in [-0.15, -0.1) is 0 Å². The van der Waals surface area contributed by atoms with E-state index in [0.717, 1.165) is 82.2 Å². The van der Waals surface area contributed by atoms with Crippen molar-refractivity contribution < 1.29 is 27.6 Å². The summed E-state index contributed by atoms with van der Waals surface area (Å²) >= 11 is 0. The van der Waals surface area contributed by atoms with Crippen molar-refractivity contribution in [2.45, 2.75) is 74.9 Å². The number of pyridine rings is 2. The fraction of sp³-hybridized carbons (Fsp3) is 0.468. The van der Waals surface area contributed by atoms with Crippen molar-refractivity contribution in [3.05, 3.63) is 100 Å². The van der Waals surface area contributed by atoms with Crippen LogP contribution in [0.2, 0.25) is 0 Å². The lowest BCUT2D eigenvalue weighted by atomic mass is 9.59. The van der Waals surface area contributed by atoms with Crippen LogP contribution in [0.25, 0.3) is 11.0 Å². The van der Waals surface area contributed by atoms with Crippen LogP contribution in [0.3, 0.4) is 0 Å². The number of hydrogen-bond acceptors (Lipinski definition) is 14. The summed E-state index contributed by atoms with van der Waals surface area (Å²) in [5, 5.41) is 16.3. The number of likely N-dealkylation sites (tertiary alicyclic amines) is 1. The number of H-pyrrole nitrogens is 1. The number of piperidine rings is 1. The number of fused-ring (bicyclic) bond motifs is 2. The summed E-state index contributed by atoms with van der Waals surface area (Å²) < 4.78 is 42.2. The molecule has 0 bridgehead atoms. The van der Waals surface area contributed by atoms with Gasteiger partial charge in [-0.1, -0.05) is 31.2 Å². The molecule has 2 aromatic carbocycles. The second-order valence-corrected chi connectivity index (χ2v) is 20.2. The number of carbonyl (C=O) groups is 1. The summed E-state index contributed by atoms with van der Waals surface area (Å²) in [7, 11) is -2.61. The minimum atomic E-state index is -4.67. The first-order valence-electron chi connectivity index (χ1n) is 22.8. The number of amides is 1. The normalized spacial score (nSPS) is 21.7. The van der Waals surface area contributed by atoms with Gasteiger partial charge in [0, 0.05) is 87.7 Å². The first kappa shape index (κ1) is 43.1. The van der Waals surface area contributed by atoms with Crippen LogP contribution in [-0.2, 0) is 16.4 Å². The molecule has 3 aromatic heterocycles. The molecule has 5 aliphatic rings. The lowest BCUT2D eigenvalue weighted by molar-refractivity contribution is -0.384. The lowest BCUT2D eigenvalue weighted by Gasteiger charge is -2.56. The molecule has 2 atom stereocenters. The number of likely N-dealkylation sites (N-methyl/N-ethyl adjacent to an activating group) is 1. The van der Waals surface area contributed by atoms with Crippen molar-refractivity contribution in [1.82, 2.24) is 34.4 Å². The molecule has 1 spiro atoms. The van der Waals surface area contributed by atoms with Gasteiger partial charge in [-0.25, -0.2) is 23.1 Å². The van der Waals surface area contributed by atoms with Crippen LogP contribution >= 0.6 is 0 Å². The third kappa shape index (κ3) is 8.71. The maximum Gasteiger partial charge on any atom is 0.297 e. The van der Waals surface area contributed by atoms with Gasteiger partial charge in [0.2, 0.25) is 0 Å². The van der Waals surface area contributed by atoms with Gasteiger partial charge in [0.25, 0.3) is 21.6 Å². The molecule has 0 radical (unpaired) electrons. The molecule has 4 fully saturated rings. The molecule has 1 amide bonds. The number of benzene rings is 2. The molecule has 1 saturated carbocycles. The minimum Gasteiger partial charge on any atom is -0.489 e. The maximum absolute atomic E-state index is 14.0.